The molecular formula is C19H22F3N3O5. The molecule has 0 fully saturated rings. The first kappa shape index (κ1) is 23.2. The number of hydrogen-bond donors (Lipinski definition) is 1. The Morgan fingerprint density at radius 1 is 1.20 bits per heavy atom. The molecular weight excluding hydrogens is 407 g/mol. The Balaban J connectivity index is 2.40. The quantitative estimate of drug-likeness (QED) is 0.540. The van der Waals surface area contributed by atoms with E-state index in [1.54, 1.807) is 6.92 Å². The van der Waals surface area contributed by atoms with Crippen molar-refractivity contribution in [1.82, 2.24) is 9.13 Å². The standard InChI is InChI=1S/C19H22F3N3O5/c1-4-24-16(12(2)17(27)25(18(24)28)9-6-10-26)23-13(3)29-14-7-5-8-15(11-14)30-19(20,21)22/h5,7-8,11,26H,4,6,9-10H2,1-3H3/b23-13+. The van der Waals surface area contributed by atoms with Gasteiger partial charge in [0.05, 0.1) is 5.56 Å². The fraction of sp³-hybridized carbons (Fsp3) is 0.421. The predicted octanol–water partition coefficient (Wildman–Crippen LogP) is 2.75. The summed E-state index contributed by atoms with van der Waals surface area (Å²) in [4.78, 5) is 29.4. The van der Waals surface area contributed by atoms with Crippen molar-refractivity contribution in [2.45, 2.75) is 46.6 Å². The maximum Gasteiger partial charge on any atom is 0.573 e. The maximum absolute atomic E-state index is 12.6. The van der Waals surface area contributed by atoms with Crippen LogP contribution in [0, 0.1) is 6.92 Å². The smallest absolute Gasteiger partial charge is 0.443 e. The number of nitrogens with zero attached hydrogens (tertiary/aromatic N) is 3. The molecule has 0 unspecified atom stereocenters. The fourth-order valence-electron chi connectivity index (χ4n) is 2.76. The predicted molar refractivity (Wildman–Crippen MR) is 104 cm³/mol. The van der Waals surface area contributed by atoms with Crippen molar-refractivity contribution in [1.29, 1.82) is 0 Å². The van der Waals surface area contributed by atoms with E-state index in [0.29, 0.717) is 0 Å². The molecule has 0 saturated heterocycles. The van der Waals surface area contributed by atoms with Crippen molar-refractivity contribution in [3.8, 4) is 11.5 Å². The molecule has 0 aliphatic heterocycles. The third-order valence-corrected chi connectivity index (χ3v) is 4.04. The van der Waals surface area contributed by atoms with Crippen LogP contribution < -0.4 is 20.7 Å². The Kier molecular flexibility index (Phi) is 7.43. The molecule has 30 heavy (non-hydrogen) atoms. The summed E-state index contributed by atoms with van der Waals surface area (Å²) in [6, 6.07) is 4.89. The van der Waals surface area contributed by atoms with Gasteiger partial charge < -0.3 is 14.6 Å². The van der Waals surface area contributed by atoms with Crippen molar-refractivity contribution >= 4 is 11.7 Å². The maximum atomic E-state index is 12.6. The van der Waals surface area contributed by atoms with E-state index in [1.807, 2.05) is 0 Å². The van der Waals surface area contributed by atoms with Gasteiger partial charge >= 0.3 is 12.1 Å². The van der Waals surface area contributed by atoms with Crippen molar-refractivity contribution < 1.29 is 27.8 Å². The van der Waals surface area contributed by atoms with E-state index >= 15 is 0 Å². The van der Waals surface area contributed by atoms with Gasteiger partial charge in [-0.15, -0.1) is 13.2 Å². The lowest BCUT2D eigenvalue weighted by atomic mass is 10.3. The number of aromatic nitrogens is 2. The number of rotatable bonds is 7. The fourth-order valence-corrected chi connectivity index (χ4v) is 2.76. The SMILES string of the molecule is CCn1c(/N=C(\C)Oc2cccc(OC(F)(F)F)c2)c(C)c(=O)n(CCCO)c1=O. The topological polar surface area (TPSA) is 95.1 Å². The van der Waals surface area contributed by atoms with Gasteiger partial charge in [-0.05, 0) is 32.4 Å². The zero-order chi connectivity index (χ0) is 22.5. The largest absolute Gasteiger partial charge is 0.573 e. The van der Waals surface area contributed by atoms with E-state index in [0.717, 1.165) is 16.7 Å². The van der Waals surface area contributed by atoms with Crippen LogP contribution in [0.1, 0.15) is 25.8 Å². The normalized spacial score (nSPS) is 12.2. The molecule has 0 atom stereocenters. The molecule has 2 aromatic rings. The van der Waals surface area contributed by atoms with Crippen molar-refractivity contribution in [2.24, 2.45) is 4.99 Å². The highest BCUT2D eigenvalue weighted by atomic mass is 19.4. The van der Waals surface area contributed by atoms with Gasteiger partial charge in [0.2, 0.25) is 0 Å². The Labute approximate surface area is 169 Å². The van der Waals surface area contributed by atoms with Crippen LogP contribution in [0.3, 0.4) is 0 Å². The van der Waals surface area contributed by atoms with Crippen LogP contribution in [0.15, 0.2) is 38.8 Å². The van der Waals surface area contributed by atoms with E-state index in [2.05, 4.69) is 9.73 Å². The Hall–Kier alpha value is -3.08. The van der Waals surface area contributed by atoms with Crippen LogP contribution in [-0.2, 0) is 13.1 Å². The van der Waals surface area contributed by atoms with Crippen LogP contribution in [0.25, 0.3) is 0 Å². The summed E-state index contributed by atoms with van der Waals surface area (Å²) in [7, 11) is 0. The molecule has 0 aliphatic rings. The molecule has 8 nitrogen and oxygen atoms in total. The average Bonchev–Trinajstić information content (AvgIpc) is 2.65. The molecule has 0 saturated carbocycles. The summed E-state index contributed by atoms with van der Waals surface area (Å²) < 4.78 is 48.7. The summed E-state index contributed by atoms with van der Waals surface area (Å²) in [5, 5.41) is 8.97. The van der Waals surface area contributed by atoms with Crippen LogP contribution in [0.2, 0.25) is 0 Å². The second-order valence-corrected chi connectivity index (χ2v) is 6.26. The molecule has 1 N–H and O–H groups in total. The van der Waals surface area contributed by atoms with Gasteiger partial charge in [-0.3, -0.25) is 13.9 Å². The summed E-state index contributed by atoms with van der Waals surface area (Å²) in [5.41, 5.74) is -0.912. The molecule has 2 rings (SSSR count). The number of aliphatic hydroxyl groups is 1. The minimum Gasteiger partial charge on any atom is -0.443 e. The third kappa shape index (κ3) is 5.72. The van der Waals surface area contributed by atoms with Crippen LogP contribution in [0.4, 0.5) is 19.0 Å². The number of aliphatic hydroxyl groups excluding tert-OH is 1. The number of alkyl halides is 3. The van der Waals surface area contributed by atoms with Gasteiger partial charge in [-0.2, -0.15) is 4.99 Å². The monoisotopic (exact) mass is 429 g/mol. The second-order valence-electron chi connectivity index (χ2n) is 6.26. The van der Waals surface area contributed by atoms with Gasteiger partial charge in [0.25, 0.3) is 5.56 Å². The third-order valence-electron chi connectivity index (χ3n) is 4.04. The molecule has 0 spiro atoms. The van der Waals surface area contributed by atoms with Gasteiger partial charge in [0, 0.05) is 32.7 Å². The van der Waals surface area contributed by atoms with Crippen LogP contribution >= 0.6 is 0 Å². The first-order valence-corrected chi connectivity index (χ1v) is 9.11. The second kappa shape index (κ2) is 9.61. The van der Waals surface area contributed by atoms with E-state index in [1.165, 1.54) is 30.5 Å². The molecule has 164 valence electrons. The summed E-state index contributed by atoms with van der Waals surface area (Å²) in [6.45, 7) is 4.78. The minimum absolute atomic E-state index is 0.0105. The van der Waals surface area contributed by atoms with Crippen LogP contribution in [-0.4, -0.2) is 33.1 Å². The number of halogens is 3. The molecule has 0 radical (unpaired) electrons. The number of benzene rings is 1. The van der Waals surface area contributed by atoms with E-state index < -0.39 is 23.4 Å². The lowest BCUT2D eigenvalue weighted by Crippen LogP contribution is -2.41. The Bertz CT molecular complexity index is 1040. The summed E-state index contributed by atoms with van der Waals surface area (Å²) in [6.07, 6.45) is -4.59. The molecule has 0 aliphatic carbocycles. The van der Waals surface area contributed by atoms with Gasteiger partial charge in [0.15, 0.2) is 5.90 Å². The first-order valence-electron chi connectivity index (χ1n) is 9.11. The number of hydrogen-bond acceptors (Lipinski definition) is 6. The molecule has 11 heteroatoms. The molecule has 1 heterocycles. The lowest BCUT2D eigenvalue weighted by molar-refractivity contribution is -0.274. The van der Waals surface area contributed by atoms with Crippen LogP contribution in [0.5, 0.6) is 11.5 Å². The molecule has 1 aromatic heterocycles. The minimum atomic E-state index is -4.84. The van der Waals surface area contributed by atoms with E-state index in [4.69, 9.17) is 9.84 Å². The van der Waals surface area contributed by atoms with E-state index in [-0.39, 0.29) is 49.1 Å². The molecule has 1 aromatic carbocycles. The highest BCUT2D eigenvalue weighted by molar-refractivity contribution is 5.79. The highest BCUT2D eigenvalue weighted by Gasteiger charge is 2.31. The Morgan fingerprint density at radius 3 is 2.47 bits per heavy atom. The first-order chi connectivity index (χ1) is 14.1. The molecule has 0 amide bonds. The zero-order valence-corrected chi connectivity index (χ0v) is 16.7. The lowest BCUT2D eigenvalue weighted by Gasteiger charge is -2.15. The summed E-state index contributed by atoms with van der Waals surface area (Å²) in [5.74, 6) is -0.317. The van der Waals surface area contributed by atoms with Gasteiger partial charge in [-0.1, -0.05) is 6.07 Å². The summed E-state index contributed by atoms with van der Waals surface area (Å²) >= 11 is 0. The van der Waals surface area contributed by atoms with Gasteiger partial charge in [0.1, 0.15) is 17.3 Å². The average molecular weight is 429 g/mol. The molecule has 0 bridgehead atoms. The number of ether oxygens (including phenoxy) is 2. The van der Waals surface area contributed by atoms with Crippen molar-refractivity contribution in [2.75, 3.05) is 6.61 Å². The highest BCUT2D eigenvalue weighted by Crippen LogP contribution is 2.26. The Morgan fingerprint density at radius 2 is 1.87 bits per heavy atom. The van der Waals surface area contributed by atoms with Gasteiger partial charge in [-0.25, -0.2) is 4.79 Å². The zero-order valence-electron chi connectivity index (χ0n) is 16.7. The van der Waals surface area contributed by atoms with E-state index in [9.17, 15) is 22.8 Å². The number of aliphatic imine (C=N–C) groups is 1. The van der Waals surface area contributed by atoms with Crippen molar-refractivity contribution in [3.05, 3.63) is 50.7 Å². The van der Waals surface area contributed by atoms with Crippen molar-refractivity contribution in [3.63, 3.8) is 0 Å².